The summed E-state index contributed by atoms with van der Waals surface area (Å²) >= 11 is 4.57. The third-order valence-electron chi connectivity index (χ3n) is 2.59. The molecule has 0 saturated carbocycles. The fraction of sp³-hybridized carbons (Fsp3) is 0.154. The second-order valence-corrected chi connectivity index (χ2v) is 5.94. The Bertz CT molecular complexity index is 649. The van der Waals surface area contributed by atoms with Crippen molar-refractivity contribution in [1.29, 1.82) is 0 Å². The number of pyridine rings is 1. The van der Waals surface area contributed by atoms with Crippen molar-refractivity contribution in [3.05, 3.63) is 56.7 Å². The Balaban J connectivity index is 2.41. The van der Waals surface area contributed by atoms with Gasteiger partial charge in [0, 0.05) is 12.3 Å². The van der Waals surface area contributed by atoms with Gasteiger partial charge in [0.2, 0.25) is 0 Å². The number of nitro groups is 1. The Hall–Kier alpha value is -1.44. The van der Waals surface area contributed by atoms with Gasteiger partial charge in [-0.05, 0) is 46.6 Å². The number of halogens is 1. The zero-order valence-electron chi connectivity index (χ0n) is 10.5. The maximum absolute atomic E-state index is 11.2. The van der Waals surface area contributed by atoms with Gasteiger partial charge in [0.15, 0.2) is 0 Å². The molecule has 0 fully saturated rings. The zero-order valence-corrected chi connectivity index (χ0v) is 12.9. The van der Waals surface area contributed by atoms with Crippen molar-refractivity contribution in [2.45, 2.75) is 22.9 Å². The summed E-state index contributed by atoms with van der Waals surface area (Å²) in [7, 11) is 0. The van der Waals surface area contributed by atoms with Crippen LogP contribution in [0.5, 0.6) is 0 Å². The molecular weight excluding hydrogens is 344 g/mol. The number of rotatable bonds is 4. The first-order valence-electron chi connectivity index (χ1n) is 5.74. The summed E-state index contributed by atoms with van der Waals surface area (Å²) in [5, 5.41) is 21.3. The van der Waals surface area contributed by atoms with E-state index in [1.54, 1.807) is 31.3 Å². The molecule has 0 aliphatic carbocycles. The predicted octanol–water partition coefficient (Wildman–Crippen LogP) is 3.96. The van der Waals surface area contributed by atoms with Crippen LogP contribution >= 0.6 is 27.7 Å². The highest BCUT2D eigenvalue weighted by atomic mass is 79.9. The standard InChI is InChI=1S/C13H11BrN2O3S/c1-8(17)9-4-5-12(11(7-9)16(18)19)20-13-10(14)3-2-6-15-13/h2-8,17H,1H3. The minimum absolute atomic E-state index is 0.0362. The molecule has 7 heteroatoms. The molecule has 0 saturated heterocycles. The van der Waals surface area contributed by atoms with Crippen molar-refractivity contribution in [3.63, 3.8) is 0 Å². The monoisotopic (exact) mass is 354 g/mol. The third-order valence-corrected chi connectivity index (χ3v) is 4.58. The number of benzene rings is 1. The van der Waals surface area contributed by atoms with E-state index in [1.807, 2.05) is 6.07 Å². The highest BCUT2D eigenvalue weighted by Crippen LogP contribution is 2.38. The molecular formula is C13H11BrN2O3S. The van der Waals surface area contributed by atoms with Gasteiger partial charge in [0.25, 0.3) is 5.69 Å². The van der Waals surface area contributed by atoms with E-state index < -0.39 is 11.0 Å². The van der Waals surface area contributed by atoms with Crippen LogP contribution in [0.15, 0.2) is 50.9 Å². The molecule has 1 aromatic heterocycles. The average molecular weight is 355 g/mol. The Kier molecular flexibility index (Phi) is 4.74. The lowest BCUT2D eigenvalue weighted by atomic mass is 10.1. The van der Waals surface area contributed by atoms with Crippen molar-refractivity contribution in [2.24, 2.45) is 0 Å². The van der Waals surface area contributed by atoms with Crippen LogP contribution < -0.4 is 0 Å². The smallest absolute Gasteiger partial charge is 0.283 e. The van der Waals surface area contributed by atoms with Crippen molar-refractivity contribution >= 4 is 33.4 Å². The van der Waals surface area contributed by atoms with Crippen molar-refractivity contribution in [2.75, 3.05) is 0 Å². The lowest BCUT2D eigenvalue weighted by Gasteiger charge is -2.08. The summed E-state index contributed by atoms with van der Waals surface area (Å²) in [5.74, 6) is 0. The van der Waals surface area contributed by atoms with Crippen molar-refractivity contribution < 1.29 is 10.0 Å². The van der Waals surface area contributed by atoms with E-state index in [1.165, 1.54) is 17.8 Å². The maximum atomic E-state index is 11.2. The van der Waals surface area contributed by atoms with E-state index in [0.29, 0.717) is 15.5 Å². The average Bonchev–Trinajstić information content (AvgIpc) is 2.41. The van der Waals surface area contributed by atoms with Gasteiger partial charge in [-0.15, -0.1) is 0 Å². The van der Waals surface area contributed by atoms with Gasteiger partial charge >= 0.3 is 0 Å². The number of aliphatic hydroxyl groups excluding tert-OH is 1. The van der Waals surface area contributed by atoms with Gasteiger partial charge < -0.3 is 5.11 Å². The molecule has 0 aliphatic rings. The van der Waals surface area contributed by atoms with Gasteiger partial charge in [0.1, 0.15) is 5.03 Å². The van der Waals surface area contributed by atoms with Crippen LogP contribution in [0.2, 0.25) is 0 Å². The molecule has 0 aliphatic heterocycles. The van der Waals surface area contributed by atoms with Crippen molar-refractivity contribution in [3.8, 4) is 0 Å². The Morgan fingerprint density at radius 3 is 2.80 bits per heavy atom. The van der Waals surface area contributed by atoms with Gasteiger partial charge in [-0.25, -0.2) is 4.98 Å². The molecule has 2 aromatic rings. The predicted molar refractivity (Wildman–Crippen MR) is 79.8 cm³/mol. The highest BCUT2D eigenvalue weighted by molar-refractivity contribution is 9.10. The van der Waals surface area contributed by atoms with Crippen molar-refractivity contribution in [1.82, 2.24) is 4.98 Å². The summed E-state index contributed by atoms with van der Waals surface area (Å²) in [6, 6.07) is 8.30. The van der Waals surface area contributed by atoms with Gasteiger partial charge in [-0.1, -0.05) is 17.8 Å². The highest BCUT2D eigenvalue weighted by Gasteiger charge is 2.18. The first kappa shape index (κ1) is 15.0. The number of hydrogen-bond acceptors (Lipinski definition) is 5. The van der Waals surface area contributed by atoms with Gasteiger partial charge in [0.05, 0.1) is 20.4 Å². The Morgan fingerprint density at radius 1 is 1.45 bits per heavy atom. The fourth-order valence-corrected chi connectivity index (χ4v) is 2.93. The molecule has 5 nitrogen and oxygen atoms in total. The van der Waals surface area contributed by atoms with E-state index in [4.69, 9.17) is 0 Å². The molecule has 1 aromatic carbocycles. The van der Waals surface area contributed by atoms with Crippen LogP contribution in [-0.4, -0.2) is 15.0 Å². The minimum Gasteiger partial charge on any atom is -0.389 e. The minimum atomic E-state index is -0.741. The third kappa shape index (κ3) is 3.36. The summed E-state index contributed by atoms with van der Waals surface area (Å²) in [6.07, 6.45) is 0.887. The lowest BCUT2D eigenvalue weighted by molar-refractivity contribution is -0.387. The summed E-state index contributed by atoms with van der Waals surface area (Å²) < 4.78 is 0.777. The molecule has 20 heavy (non-hydrogen) atoms. The number of hydrogen-bond donors (Lipinski definition) is 1. The zero-order chi connectivity index (χ0) is 14.7. The van der Waals surface area contributed by atoms with E-state index in [-0.39, 0.29) is 5.69 Å². The van der Waals surface area contributed by atoms with Crippen LogP contribution in [0.3, 0.4) is 0 Å². The lowest BCUT2D eigenvalue weighted by Crippen LogP contribution is -1.96. The normalized spacial score (nSPS) is 12.2. The van der Waals surface area contributed by atoms with E-state index in [2.05, 4.69) is 20.9 Å². The molecule has 1 heterocycles. The molecule has 2 rings (SSSR count). The first-order valence-corrected chi connectivity index (χ1v) is 7.34. The number of nitro benzene ring substituents is 1. The first-order chi connectivity index (χ1) is 9.49. The molecule has 0 spiro atoms. The second kappa shape index (κ2) is 6.34. The molecule has 104 valence electrons. The quantitative estimate of drug-likeness (QED) is 0.664. The van der Waals surface area contributed by atoms with E-state index in [0.717, 1.165) is 4.47 Å². The number of aliphatic hydroxyl groups is 1. The van der Waals surface area contributed by atoms with E-state index >= 15 is 0 Å². The largest absolute Gasteiger partial charge is 0.389 e. The summed E-state index contributed by atoms with van der Waals surface area (Å²) in [6.45, 7) is 1.57. The molecule has 1 N–H and O–H groups in total. The van der Waals surface area contributed by atoms with Crippen LogP contribution in [0.25, 0.3) is 0 Å². The van der Waals surface area contributed by atoms with Crippen LogP contribution in [0.4, 0.5) is 5.69 Å². The Labute approximate surface area is 128 Å². The number of nitrogens with zero attached hydrogens (tertiary/aromatic N) is 2. The molecule has 0 amide bonds. The summed E-state index contributed by atoms with van der Waals surface area (Å²) in [5.41, 5.74) is 0.479. The molecule has 1 unspecified atom stereocenters. The fourth-order valence-electron chi connectivity index (χ4n) is 1.57. The molecule has 0 radical (unpaired) electrons. The van der Waals surface area contributed by atoms with Crippen LogP contribution in [0, 0.1) is 10.1 Å². The molecule has 0 bridgehead atoms. The van der Waals surface area contributed by atoms with Gasteiger partial charge in [-0.2, -0.15) is 0 Å². The second-order valence-electron chi connectivity index (χ2n) is 4.05. The SMILES string of the molecule is CC(O)c1ccc(Sc2ncccc2Br)c([N+](=O)[O-])c1. The summed E-state index contributed by atoms with van der Waals surface area (Å²) in [4.78, 5) is 15.4. The van der Waals surface area contributed by atoms with Gasteiger partial charge in [-0.3, -0.25) is 10.1 Å². The number of aromatic nitrogens is 1. The Morgan fingerprint density at radius 2 is 2.20 bits per heavy atom. The maximum Gasteiger partial charge on any atom is 0.283 e. The van der Waals surface area contributed by atoms with E-state index in [9.17, 15) is 15.2 Å². The van der Waals surface area contributed by atoms with Crippen LogP contribution in [-0.2, 0) is 0 Å². The topological polar surface area (TPSA) is 76.3 Å². The molecule has 1 atom stereocenters. The van der Waals surface area contributed by atoms with Crippen LogP contribution in [0.1, 0.15) is 18.6 Å².